The summed E-state index contributed by atoms with van der Waals surface area (Å²) in [4.78, 5) is 4.38. The van der Waals surface area contributed by atoms with E-state index < -0.39 is 0 Å². The van der Waals surface area contributed by atoms with Crippen molar-refractivity contribution in [3.05, 3.63) is 47.1 Å². The van der Waals surface area contributed by atoms with E-state index in [1.165, 1.54) is 11.1 Å². The minimum Gasteiger partial charge on any atom is -0.338 e. The summed E-state index contributed by atoms with van der Waals surface area (Å²) >= 11 is 0. The van der Waals surface area contributed by atoms with Crippen molar-refractivity contribution in [1.29, 1.82) is 0 Å². The zero-order chi connectivity index (χ0) is 13.7. The smallest absolute Gasteiger partial charge is 0.243 e. The summed E-state index contributed by atoms with van der Waals surface area (Å²) in [5.74, 6) is 1.25. The van der Waals surface area contributed by atoms with Gasteiger partial charge in [0.1, 0.15) is 0 Å². The maximum absolute atomic E-state index is 6.01. The highest BCUT2D eigenvalue weighted by molar-refractivity contribution is 5.23. The van der Waals surface area contributed by atoms with E-state index in [9.17, 15) is 0 Å². The predicted octanol–water partition coefficient (Wildman–Crippen LogP) is 3.16. The number of benzene rings is 1. The van der Waals surface area contributed by atoms with Crippen molar-refractivity contribution >= 4 is 0 Å². The van der Waals surface area contributed by atoms with Gasteiger partial charge in [-0.15, -0.1) is 0 Å². The Balaban J connectivity index is 1.98. The first-order chi connectivity index (χ1) is 9.19. The lowest BCUT2D eigenvalue weighted by Crippen LogP contribution is -2.10. The minimum atomic E-state index is -0.140. The monoisotopic (exact) mass is 259 g/mol. The number of nitrogens with two attached hydrogens (primary N) is 1. The summed E-state index contributed by atoms with van der Waals surface area (Å²) in [6.07, 6.45) is 3.78. The highest BCUT2D eigenvalue weighted by Crippen LogP contribution is 2.16. The summed E-state index contributed by atoms with van der Waals surface area (Å²) in [5.41, 5.74) is 8.44. The van der Waals surface area contributed by atoms with Gasteiger partial charge in [-0.2, -0.15) is 4.98 Å². The molecule has 0 bridgehead atoms. The van der Waals surface area contributed by atoms with Crippen LogP contribution in [0, 0.1) is 6.92 Å². The highest BCUT2D eigenvalue weighted by atomic mass is 16.5. The van der Waals surface area contributed by atoms with Gasteiger partial charge in [-0.3, -0.25) is 0 Å². The van der Waals surface area contributed by atoms with Crippen molar-refractivity contribution < 1.29 is 4.52 Å². The van der Waals surface area contributed by atoms with Gasteiger partial charge in [-0.05, 0) is 18.9 Å². The molecule has 0 saturated heterocycles. The van der Waals surface area contributed by atoms with Crippen LogP contribution in [0.1, 0.15) is 55.1 Å². The average molecular weight is 259 g/mol. The van der Waals surface area contributed by atoms with E-state index in [1.54, 1.807) is 0 Å². The van der Waals surface area contributed by atoms with Gasteiger partial charge in [0.05, 0.1) is 6.04 Å². The van der Waals surface area contributed by atoms with Gasteiger partial charge in [0.25, 0.3) is 0 Å². The quantitative estimate of drug-likeness (QED) is 0.865. The van der Waals surface area contributed by atoms with E-state index in [4.69, 9.17) is 10.3 Å². The molecule has 0 aliphatic heterocycles. The van der Waals surface area contributed by atoms with E-state index in [2.05, 4.69) is 48.3 Å². The summed E-state index contributed by atoms with van der Waals surface area (Å²) in [6.45, 7) is 4.21. The van der Waals surface area contributed by atoms with Crippen LogP contribution in [0.4, 0.5) is 0 Å². The summed E-state index contributed by atoms with van der Waals surface area (Å²) in [7, 11) is 0. The predicted molar refractivity (Wildman–Crippen MR) is 74.7 cm³/mol. The normalized spacial score (nSPS) is 12.6. The molecule has 0 radical (unpaired) electrons. The van der Waals surface area contributed by atoms with Crippen molar-refractivity contribution in [2.75, 3.05) is 0 Å². The van der Waals surface area contributed by atoms with Crippen molar-refractivity contribution in [2.24, 2.45) is 5.73 Å². The molecule has 1 aromatic carbocycles. The Morgan fingerprint density at radius 2 is 2.00 bits per heavy atom. The third-order valence-electron chi connectivity index (χ3n) is 3.15. The van der Waals surface area contributed by atoms with E-state index in [0.717, 1.165) is 19.3 Å². The Hall–Kier alpha value is -1.68. The average Bonchev–Trinajstić information content (AvgIpc) is 2.87. The molecule has 102 valence electrons. The molecule has 1 atom stereocenters. The van der Waals surface area contributed by atoms with Gasteiger partial charge >= 0.3 is 0 Å². The Morgan fingerprint density at radius 3 is 2.68 bits per heavy atom. The van der Waals surface area contributed by atoms with Crippen LogP contribution in [0.3, 0.4) is 0 Å². The first-order valence-electron chi connectivity index (χ1n) is 6.82. The Kier molecular flexibility index (Phi) is 4.68. The minimum absolute atomic E-state index is 0.140. The van der Waals surface area contributed by atoms with Crippen LogP contribution < -0.4 is 5.73 Å². The van der Waals surface area contributed by atoms with Crippen LogP contribution in [0.5, 0.6) is 0 Å². The molecule has 0 amide bonds. The molecular weight excluding hydrogens is 238 g/mol. The first kappa shape index (κ1) is 13.7. The molecule has 1 unspecified atom stereocenters. The SMILES string of the molecule is CCCCC(N)c1nc(Cc2ccc(C)cc2)no1. The molecule has 19 heavy (non-hydrogen) atoms. The van der Waals surface area contributed by atoms with E-state index in [1.807, 2.05) is 0 Å². The topological polar surface area (TPSA) is 64.9 Å². The van der Waals surface area contributed by atoms with E-state index in [-0.39, 0.29) is 6.04 Å². The van der Waals surface area contributed by atoms with Crippen LogP contribution in [-0.2, 0) is 6.42 Å². The number of aryl methyl sites for hydroxylation is 1. The van der Waals surface area contributed by atoms with Crippen LogP contribution >= 0.6 is 0 Å². The summed E-state index contributed by atoms with van der Waals surface area (Å²) in [6, 6.07) is 8.21. The molecule has 1 aromatic heterocycles. The molecule has 0 fully saturated rings. The lowest BCUT2D eigenvalue weighted by Gasteiger charge is -2.03. The van der Waals surface area contributed by atoms with Crippen LogP contribution in [-0.4, -0.2) is 10.1 Å². The lowest BCUT2D eigenvalue weighted by atomic mass is 10.1. The fourth-order valence-corrected chi connectivity index (χ4v) is 1.93. The van der Waals surface area contributed by atoms with Crippen LogP contribution in [0.15, 0.2) is 28.8 Å². The highest BCUT2D eigenvalue weighted by Gasteiger charge is 2.14. The largest absolute Gasteiger partial charge is 0.338 e. The van der Waals surface area contributed by atoms with Gasteiger partial charge in [-0.25, -0.2) is 0 Å². The van der Waals surface area contributed by atoms with Crippen molar-refractivity contribution in [3.63, 3.8) is 0 Å². The second-order valence-corrected chi connectivity index (χ2v) is 4.96. The number of hydrogen-bond acceptors (Lipinski definition) is 4. The van der Waals surface area contributed by atoms with Crippen molar-refractivity contribution in [1.82, 2.24) is 10.1 Å². The van der Waals surface area contributed by atoms with E-state index in [0.29, 0.717) is 18.1 Å². The Labute approximate surface area is 114 Å². The number of unbranched alkanes of at least 4 members (excludes halogenated alkanes) is 1. The second kappa shape index (κ2) is 6.48. The second-order valence-electron chi connectivity index (χ2n) is 4.96. The van der Waals surface area contributed by atoms with Gasteiger partial charge in [0, 0.05) is 6.42 Å². The molecule has 0 saturated carbocycles. The number of aromatic nitrogens is 2. The van der Waals surface area contributed by atoms with Crippen molar-refractivity contribution in [2.45, 2.75) is 45.6 Å². The molecule has 0 aliphatic carbocycles. The van der Waals surface area contributed by atoms with Crippen molar-refractivity contribution in [3.8, 4) is 0 Å². The molecule has 2 aromatic rings. The van der Waals surface area contributed by atoms with Gasteiger partial charge in [0.2, 0.25) is 5.89 Å². The fourth-order valence-electron chi connectivity index (χ4n) is 1.93. The summed E-state index contributed by atoms with van der Waals surface area (Å²) in [5, 5.41) is 4.00. The first-order valence-corrected chi connectivity index (χ1v) is 6.82. The molecule has 0 spiro atoms. The van der Waals surface area contributed by atoms with Gasteiger partial charge < -0.3 is 10.3 Å². The third-order valence-corrected chi connectivity index (χ3v) is 3.15. The van der Waals surface area contributed by atoms with Crippen LogP contribution in [0.2, 0.25) is 0 Å². The molecule has 4 nitrogen and oxygen atoms in total. The molecule has 2 rings (SSSR count). The molecule has 2 N–H and O–H groups in total. The Bertz CT molecular complexity index is 504. The zero-order valence-electron chi connectivity index (χ0n) is 11.6. The number of nitrogens with zero attached hydrogens (tertiary/aromatic N) is 2. The third kappa shape index (κ3) is 3.89. The van der Waals surface area contributed by atoms with Crippen LogP contribution in [0.25, 0.3) is 0 Å². The Morgan fingerprint density at radius 1 is 1.26 bits per heavy atom. The number of hydrogen-bond donors (Lipinski definition) is 1. The molecule has 0 aliphatic rings. The van der Waals surface area contributed by atoms with E-state index >= 15 is 0 Å². The standard InChI is InChI=1S/C15H21N3O/c1-3-4-5-13(16)15-17-14(18-19-15)10-12-8-6-11(2)7-9-12/h6-9,13H,3-5,10,16H2,1-2H3. The fraction of sp³-hybridized carbons (Fsp3) is 0.467. The van der Waals surface area contributed by atoms with Gasteiger partial charge in [0.15, 0.2) is 5.82 Å². The molecular formula is C15H21N3O. The maximum atomic E-state index is 6.01. The maximum Gasteiger partial charge on any atom is 0.243 e. The summed E-state index contributed by atoms with van der Waals surface area (Å²) < 4.78 is 5.23. The lowest BCUT2D eigenvalue weighted by molar-refractivity contribution is 0.343. The zero-order valence-corrected chi connectivity index (χ0v) is 11.6. The van der Waals surface area contributed by atoms with Gasteiger partial charge in [-0.1, -0.05) is 54.8 Å². The number of rotatable bonds is 6. The molecule has 4 heteroatoms. The molecule has 1 heterocycles.